The van der Waals surface area contributed by atoms with E-state index in [0.29, 0.717) is 24.0 Å². The molecule has 114 valence electrons. The number of phenolic OH excluding ortho intramolecular Hbond substituents is 1. The van der Waals surface area contributed by atoms with Gasteiger partial charge in [0.15, 0.2) is 0 Å². The Balaban J connectivity index is 2.63. The average molecular weight is 290 g/mol. The highest BCUT2D eigenvalue weighted by Crippen LogP contribution is 2.20. The summed E-state index contributed by atoms with van der Waals surface area (Å²) in [5, 5.41) is 18.5. The minimum atomic E-state index is -0.361. The van der Waals surface area contributed by atoms with E-state index in [0.717, 1.165) is 23.9 Å². The zero-order chi connectivity index (χ0) is 15.8. The summed E-state index contributed by atoms with van der Waals surface area (Å²) in [6, 6.07) is 4.79. The first-order valence-corrected chi connectivity index (χ1v) is 6.86. The molecule has 0 bridgehead atoms. The van der Waals surface area contributed by atoms with E-state index in [2.05, 4.69) is 11.5 Å². The fourth-order valence-corrected chi connectivity index (χ4v) is 1.98. The number of benzene rings is 1. The molecule has 4 heteroatoms. The zero-order valence-electron chi connectivity index (χ0n) is 12.5. The Bertz CT molecular complexity index is 532. The van der Waals surface area contributed by atoms with Crippen molar-refractivity contribution in [1.29, 1.82) is 0 Å². The van der Waals surface area contributed by atoms with E-state index in [1.807, 2.05) is 19.9 Å². The maximum absolute atomic E-state index is 10.7. The first kappa shape index (κ1) is 17.1. The van der Waals surface area contributed by atoms with Crippen molar-refractivity contribution in [2.24, 2.45) is 0 Å². The molecule has 1 aromatic rings. The molecule has 1 aromatic carbocycles. The molecule has 21 heavy (non-hydrogen) atoms. The Hall–Kier alpha value is -1.91. The molecule has 0 aliphatic rings. The molecule has 0 aromatic heterocycles. The van der Waals surface area contributed by atoms with Gasteiger partial charge in [-0.1, -0.05) is 18.2 Å². The second-order valence-corrected chi connectivity index (χ2v) is 5.24. The normalized spacial score (nSPS) is 13.0. The lowest BCUT2D eigenvalue weighted by molar-refractivity contribution is -0.269. The minimum Gasteiger partial charge on any atom is -0.508 e. The van der Waals surface area contributed by atoms with Gasteiger partial charge in [0.2, 0.25) is 0 Å². The molecule has 1 rings (SSSR count). The van der Waals surface area contributed by atoms with E-state index in [9.17, 15) is 9.90 Å². The molecule has 0 fully saturated rings. The Morgan fingerprint density at radius 1 is 1.43 bits per heavy atom. The summed E-state index contributed by atoms with van der Waals surface area (Å²) in [7, 11) is 0. The van der Waals surface area contributed by atoms with Crippen LogP contribution in [0.2, 0.25) is 0 Å². The number of carbonyl (C=O) groups excluding carboxylic acids is 1. The molecule has 0 unspecified atom stereocenters. The van der Waals surface area contributed by atoms with Crippen LogP contribution in [0.4, 0.5) is 0 Å². The van der Waals surface area contributed by atoms with Gasteiger partial charge in [0.25, 0.3) is 0 Å². The second-order valence-electron chi connectivity index (χ2n) is 5.24. The monoisotopic (exact) mass is 290 g/mol. The molecular weight excluding hydrogens is 268 g/mol. The van der Waals surface area contributed by atoms with E-state index in [1.54, 1.807) is 12.1 Å². The third-order valence-electron chi connectivity index (χ3n) is 3.39. The highest BCUT2D eigenvalue weighted by molar-refractivity contribution is 5.75. The van der Waals surface area contributed by atoms with Crippen molar-refractivity contribution in [2.45, 2.75) is 39.2 Å². The smallest absolute Gasteiger partial charge is 0.150 e. The Labute approximate surface area is 125 Å². The van der Waals surface area contributed by atoms with Gasteiger partial charge in [-0.05, 0) is 62.4 Å². The highest BCUT2D eigenvalue weighted by atomic mass is 17.1. The topological polar surface area (TPSA) is 66.8 Å². The third kappa shape index (κ3) is 5.53. The van der Waals surface area contributed by atoms with E-state index in [-0.39, 0.29) is 11.9 Å². The van der Waals surface area contributed by atoms with Crippen LogP contribution in [0.25, 0.3) is 0 Å². The summed E-state index contributed by atoms with van der Waals surface area (Å²) in [5.74, 6) is 0.183. The fraction of sp³-hybridized carbons (Fsp3) is 0.353. The third-order valence-corrected chi connectivity index (χ3v) is 3.39. The van der Waals surface area contributed by atoms with Crippen LogP contribution in [-0.2, 0) is 11.3 Å². The molecule has 0 aliphatic heterocycles. The number of phenols is 1. The summed E-state index contributed by atoms with van der Waals surface area (Å²) in [4.78, 5) is 15.1. The molecule has 0 heterocycles. The van der Waals surface area contributed by atoms with Crippen LogP contribution in [-0.4, -0.2) is 22.8 Å². The number of hydrogen-bond acceptors (Lipinski definition) is 4. The largest absolute Gasteiger partial charge is 0.508 e. The van der Waals surface area contributed by atoms with Gasteiger partial charge >= 0.3 is 0 Å². The van der Waals surface area contributed by atoms with Crippen LogP contribution >= 0.6 is 0 Å². The highest BCUT2D eigenvalue weighted by Gasteiger charge is 2.09. The summed E-state index contributed by atoms with van der Waals surface area (Å²) in [5.41, 5.74) is 3.16. The summed E-state index contributed by atoms with van der Waals surface area (Å²) < 4.78 is 0. The van der Waals surface area contributed by atoms with E-state index in [1.165, 1.54) is 6.07 Å². The Morgan fingerprint density at radius 2 is 2.14 bits per heavy atom. The van der Waals surface area contributed by atoms with Gasteiger partial charge in [-0.25, -0.2) is 4.89 Å². The van der Waals surface area contributed by atoms with Gasteiger partial charge < -0.3 is 5.11 Å². The molecule has 0 saturated carbocycles. The van der Waals surface area contributed by atoms with Crippen molar-refractivity contribution < 1.29 is 20.0 Å². The van der Waals surface area contributed by atoms with Gasteiger partial charge in [-0.3, -0.25) is 10.1 Å². The van der Waals surface area contributed by atoms with Gasteiger partial charge in [0, 0.05) is 5.56 Å². The zero-order valence-corrected chi connectivity index (χ0v) is 12.5. The average Bonchev–Trinajstić information content (AvgIpc) is 2.46. The minimum absolute atomic E-state index is 0.183. The number of carbonyl (C=O) groups is 1. The quantitative estimate of drug-likeness (QED) is 0.330. The van der Waals surface area contributed by atoms with E-state index < -0.39 is 0 Å². The molecule has 0 radical (unpaired) electrons. The molecule has 0 spiro atoms. The number of hydrogen-bond donors (Lipinski definition) is 2. The number of allylic oxidation sites excluding steroid dienone is 2. The standard InChI is InChI=1S/C17H22O4/c1-12(2)17(21-20)9-5-13(3)4-7-15-10-14(11-18)6-8-16(15)19/h4,6,8,10-11,17,19-20H,1,5,7,9H2,2-3H3/t17-/m0/s1. The molecular formula is C17H22O4. The van der Waals surface area contributed by atoms with Crippen LogP contribution in [0.15, 0.2) is 42.0 Å². The number of rotatable bonds is 8. The lowest BCUT2D eigenvalue weighted by atomic mass is 10.0. The fourth-order valence-electron chi connectivity index (χ4n) is 1.98. The summed E-state index contributed by atoms with van der Waals surface area (Å²) in [6.45, 7) is 7.55. The molecule has 2 N–H and O–H groups in total. The molecule has 1 atom stereocenters. The van der Waals surface area contributed by atoms with E-state index in [4.69, 9.17) is 5.26 Å². The van der Waals surface area contributed by atoms with Crippen LogP contribution in [0.3, 0.4) is 0 Å². The van der Waals surface area contributed by atoms with Gasteiger partial charge in [-0.2, -0.15) is 0 Å². The Morgan fingerprint density at radius 3 is 2.71 bits per heavy atom. The van der Waals surface area contributed by atoms with Gasteiger partial charge in [-0.15, -0.1) is 0 Å². The van der Waals surface area contributed by atoms with Crippen molar-refractivity contribution in [3.05, 3.63) is 53.1 Å². The van der Waals surface area contributed by atoms with Crippen molar-refractivity contribution in [1.82, 2.24) is 0 Å². The van der Waals surface area contributed by atoms with E-state index >= 15 is 0 Å². The maximum Gasteiger partial charge on any atom is 0.150 e. The summed E-state index contributed by atoms with van der Waals surface area (Å²) in [6.07, 6.45) is 4.35. The molecule has 0 amide bonds. The predicted molar refractivity (Wildman–Crippen MR) is 82.5 cm³/mol. The SMILES string of the molecule is C=C(C)[C@H](CCC(C)=CCc1cc(C=O)ccc1O)OO. The van der Waals surface area contributed by atoms with Crippen LogP contribution < -0.4 is 0 Å². The van der Waals surface area contributed by atoms with Crippen LogP contribution in [0, 0.1) is 0 Å². The van der Waals surface area contributed by atoms with Crippen molar-refractivity contribution in [3.8, 4) is 5.75 Å². The first-order valence-electron chi connectivity index (χ1n) is 6.86. The maximum atomic E-state index is 10.7. The first-order chi connectivity index (χ1) is 9.97. The lowest BCUT2D eigenvalue weighted by Crippen LogP contribution is -2.11. The predicted octanol–water partition coefficient (Wildman–Crippen LogP) is 3.91. The number of aldehydes is 1. The molecule has 0 saturated heterocycles. The van der Waals surface area contributed by atoms with Crippen LogP contribution in [0.1, 0.15) is 42.6 Å². The molecule has 0 aliphatic carbocycles. The lowest BCUT2D eigenvalue weighted by Gasteiger charge is -2.13. The summed E-state index contributed by atoms with van der Waals surface area (Å²) >= 11 is 0. The number of aromatic hydroxyl groups is 1. The van der Waals surface area contributed by atoms with Gasteiger partial charge in [0.1, 0.15) is 18.1 Å². The Kier molecular flexibility index (Phi) is 6.85. The van der Waals surface area contributed by atoms with Crippen LogP contribution in [0.5, 0.6) is 5.75 Å². The second kappa shape index (κ2) is 8.39. The molecule has 4 nitrogen and oxygen atoms in total. The van der Waals surface area contributed by atoms with Crippen molar-refractivity contribution >= 4 is 6.29 Å². The van der Waals surface area contributed by atoms with Crippen molar-refractivity contribution in [2.75, 3.05) is 0 Å². The van der Waals surface area contributed by atoms with Crippen molar-refractivity contribution in [3.63, 3.8) is 0 Å². The van der Waals surface area contributed by atoms with Gasteiger partial charge in [0.05, 0.1) is 0 Å².